The number of nitrogens with one attached hydrogen (secondary N) is 1. The third-order valence-corrected chi connectivity index (χ3v) is 5.08. The molecule has 1 aromatic carbocycles. The largest absolute Gasteiger partial charge is 0.391 e. The first-order valence-electron chi connectivity index (χ1n) is 7.54. The fraction of sp³-hybridized carbons (Fsp3) is 0.353. The van der Waals surface area contributed by atoms with Gasteiger partial charge in [-0.15, -0.1) is 0 Å². The second-order valence-electron chi connectivity index (χ2n) is 5.85. The third kappa shape index (κ3) is 3.54. The van der Waals surface area contributed by atoms with Crippen LogP contribution in [0.5, 0.6) is 0 Å². The zero-order valence-electron chi connectivity index (χ0n) is 12.8. The van der Waals surface area contributed by atoms with Crippen molar-refractivity contribution < 1.29 is 14.3 Å². The lowest BCUT2D eigenvalue weighted by molar-refractivity contribution is 0.169. The average molecular weight is 334 g/mol. The lowest BCUT2D eigenvalue weighted by atomic mass is 10.0. The molecule has 23 heavy (non-hydrogen) atoms. The van der Waals surface area contributed by atoms with Crippen LogP contribution in [0.2, 0.25) is 0 Å². The van der Waals surface area contributed by atoms with Crippen LogP contribution in [0.1, 0.15) is 29.2 Å². The zero-order valence-corrected chi connectivity index (χ0v) is 13.6. The molecule has 1 aliphatic heterocycles. The predicted molar refractivity (Wildman–Crippen MR) is 87.8 cm³/mol. The molecule has 3 rings (SSSR count). The van der Waals surface area contributed by atoms with Crippen LogP contribution in [-0.4, -0.2) is 28.7 Å². The van der Waals surface area contributed by atoms with E-state index in [-0.39, 0.29) is 24.4 Å². The number of urea groups is 1. The van der Waals surface area contributed by atoms with Gasteiger partial charge in [0.1, 0.15) is 5.82 Å². The highest BCUT2D eigenvalue weighted by Gasteiger charge is 2.35. The van der Waals surface area contributed by atoms with Crippen molar-refractivity contribution in [3.63, 3.8) is 0 Å². The lowest BCUT2D eigenvalue weighted by Crippen LogP contribution is -2.39. The minimum atomic E-state index is -0.586. The smallest absolute Gasteiger partial charge is 0.318 e. The standard InChI is InChI=1S/C17H19FN2O2S/c1-11-9-23-10-13(11)7-19-17(22)20-8-15(21)6-16(20)12-3-2-4-14(18)5-12/h2-5,9-10,15-16,21H,6-8H2,1H3,(H,19,22). The van der Waals surface area contributed by atoms with E-state index in [0.29, 0.717) is 18.5 Å². The van der Waals surface area contributed by atoms with Crippen molar-refractivity contribution in [3.05, 3.63) is 57.5 Å². The molecule has 4 nitrogen and oxygen atoms in total. The van der Waals surface area contributed by atoms with Gasteiger partial charge in [-0.25, -0.2) is 9.18 Å². The molecular formula is C17H19FN2O2S. The van der Waals surface area contributed by atoms with E-state index in [1.54, 1.807) is 28.4 Å². The number of hydrogen-bond acceptors (Lipinski definition) is 3. The number of β-amino-alcohol motifs (C(OH)–C–C–N with tert-alkyl or cyclic N) is 1. The molecule has 6 heteroatoms. The molecule has 122 valence electrons. The van der Waals surface area contributed by atoms with Crippen molar-refractivity contribution in [1.29, 1.82) is 0 Å². The van der Waals surface area contributed by atoms with Gasteiger partial charge in [0.15, 0.2) is 0 Å². The number of benzene rings is 1. The van der Waals surface area contributed by atoms with E-state index in [1.807, 2.05) is 17.7 Å². The molecule has 0 spiro atoms. The Morgan fingerprint density at radius 2 is 2.30 bits per heavy atom. The minimum Gasteiger partial charge on any atom is -0.391 e. The Morgan fingerprint density at radius 3 is 3.00 bits per heavy atom. The quantitative estimate of drug-likeness (QED) is 0.905. The number of amides is 2. The van der Waals surface area contributed by atoms with E-state index >= 15 is 0 Å². The second-order valence-corrected chi connectivity index (χ2v) is 6.60. The van der Waals surface area contributed by atoms with E-state index in [1.165, 1.54) is 12.1 Å². The SMILES string of the molecule is Cc1cscc1CNC(=O)N1CC(O)CC1c1cccc(F)c1. The number of halogens is 1. The summed E-state index contributed by atoms with van der Waals surface area (Å²) in [7, 11) is 0. The molecule has 2 heterocycles. The first kappa shape index (κ1) is 16.0. The molecule has 0 saturated carbocycles. The van der Waals surface area contributed by atoms with Crippen LogP contribution < -0.4 is 5.32 Å². The molecule has 1 saturated heterocycles. The summed E-state index contributed by atoms with van der Waals surface area (Å²) in [6, 6.07) is 5.67. The van der Waals surface area contributed by atoms with Crippen LogP contribution in [0, 0.1) is 12.7 Å². The summed E-state index contributed by atoms with van der Waals surface area (Å²) < 4.78 is 13.4. The molecule has 2 N–H and O–H groups in total. The maximum Gasteiger partial charge on any atom is 0.318 e. The van der Waals surface area contributed by atoms with Gasteiger partial charge in [0.25, 0.3) is 0 Å². The van der Waals surface area contributed by atoms with Crippen LogP contribution in [0.4, 0.5) is 9.18 Å². The summed E-state index contributed by atoms with van der Waals surface area (Å²) in [6.07, 6.45) is -0.161. The number of aliphatic hydroxyl groups is 1. The number of aliphatic hydroxyl groups excluding tert-OH is 1. The topological polar surface area (TPSA) is 52.6 Å². The molecule has 1 aliphatic rings. The Hall–Kier alpha value is -1.92. The molecule has 2 amide bonds. The summed E-state index contributed by atoms with van der Waals surface area (Å²) in [5.74, 6) is -0.335. The van der Waals surface area contributed by atoms with Gasteiger partial charge in [-0.2, -0.15) is 11.3 Å². The molecule has 1 aromatic heterocycles. The number of hydrogen-bond donors (Lipinski definition) is 2. The minimum absolute atomic E-state index is 0.235. The highest BCUT2D eigenvalue weighted by molar-refractivity contribution is 7.08. The van der Waals surface area contributed by atoms with Gasteiger partial charge in [-0.05, 0) is 52.9 Å². The Balaban J connectivity index is 1.71. The summed E-state index contributed by atoms with van der Waals surface area (Å²) in [6.45, 7) is 2.72. The van der Waals surface area contributed by atoms with Gasteiger partial charge in [-0.3, -0.25) is 0 Å². The van der Waals surface area contributed by atoms with Crippen LogP contribution in [0.25, 0.3) is 0 Å². The van der Waals surface area contributed by atoms with Gasteiger partial charge in [0.05, 0.1) is 12.1 Å². The maximum atomic E-state index is 13.4. The number of nitrogens with zero attached hydrogens (tertiary/aromatic N) is 1. The van der Waals surface area contributed by atoms with Gasteiger partial charge in [0, 0.05) is 13.1 Å². The van der Waals surface area contributed by atoms with Crippen LogP contribution in [0.3, 0.4) is 0 Å². The first-order chi connectivity index (χ1) is 11.0. The molecule has 1 fully saturated rings. The van der Waals surface area contributed by atoms with Crippen molar-refractivity contribution >= 4 is 17.4 Å². The van der Waals surface area contributed by atoms with Crippen LogP contribution in [-0.2, 0) is 6.54 Å². The number of likely N-dealkylation sites (tertiary alicyclic amines) is 1. The number of carbonyl (C=O) groups is 1. The van der Waals surface area contributed by atoms with Gasteiger partial charge < -0.3 is 15.3 Å². The third-order valence-electron chi connectivity index (χ3n) is 4.17. The number of rotatable bonds is 3. The van der Waals surface area contributed by atoms with E-state index in [0.717, 1.165) is 11.1 Å². The normalized spacial score (nSPS) is 20.7. The maximum absolute atomic E-state index is 13.4. The van der Waals surface area contributed by atoms with Crippen molar-refractivity contribution in [2.75, 3.05) is 6.54 Å². The van der Waals surface area contributed by atoms with Crippen LogP contribution in [0.15, 0.2) is 35.0 Å². The highest BCUT2D eigenvalue weighted by atomic mass is 32.1. The van der Waals surface area contributed by atoms with E-state index in [9.17, 15) is 14.3 Å². The average Bonchev–Trinajstić information content (AvgIpc) is 3.11. The molecule has 2 unspecified atom stereocenters. The molecule has 0 radical (unpaired) electrons. The Morgan fingerprint density at radius 1 is 1.48 bits per heavy atom. The van der Waals surface area contributed by atoms with Gasteiger partial charge >= 0.3 is 6.03 Å². The van der Waals surface area contributed by atoms with Crippen molar-refractivity contribution in [3.8, 4) is 0 Å². The fourth-order valence-electron chi connectivity index (χ4n) is 2.91. The summed E-state index contributed by atoms with van der Waals surface area (Å²) in [4.78, 5) is 14.1. The first-order valence-corrected chi connectivity index (χ1v) is 8.48. The molecule has 0 aliphatic carbocycles. The van der Waals surface area contributed by atoms with Gasteiger partial charge in [-0.1, -0.05) is 12.1 Å². The molecule has 2 aromatic rings. The monoisotopic (exact) mass is 334 g/mol. The molecular weight excluding hydrogens is 315 g/mol. The summed E-state index contributed by atoms with van der Waals surface area (Å²) >= 11 is 1.60. The van der Waals surface area contributed by atoms with E-state index in [2.05, 4.69) is 5.32 Å². The molecule has 0 bridgehead atoms. The Bertz CT molecular complexity index is 703. The second kappa shape index (κ2) is 6.68. The fourth-order valence-corrected chi connectivity index (χ4v) is 3.77. The summed E-state index contributed by atoms with van der Waals surface area (Å²) in [5.41, 5.74) is 2.95. The number of carbonyl (C=O) groups excluding carboxylic acids is 1. The van der Waals surface area contributed by atoms with Crippen molar-refractivity contribution in [2.24, 2.45) is 0 Å². The van der Waals surface area contributed by atoms with Crippen molar-refractivity contribution in [2.45, 2.75) is 32.0 Å². The number of aryl methyl sites for hydroxylation is 1. The predicted octanol–water partition coefficient (Wildman–Crippen LogP) is 3.21. The van der Waals surface area contributed by atoms with Crippen LogP contribution >= 0.6 is 11.3 Å². The summed E-state index contributed by atoms with van der Waals surface area (Å²) in [5, 5.41) is 16.9. The van der Waals surface area contributed by atoms with E-state index in [4.69, 9.17) is 0 Å². The Labute approximate surface area is 138 Å². The number of thiophene rings is 1. The van der Waals surface area contributed by atoms with E-state index < -0.39 is 6.10 Å². The Kier molecular flexibility index (Phi) is 4.63. The molecule has 2 atom stereocenters. The lowest BCUT2D eigenvalue weighted by Gasteiger charge is -2.25. The highest BCUT2D eigenvalue weighted by Crippen LogP contribution is 2.32. The van der Waals surface area contributed by atoms with Gasteiger partial charge in [0.2, 0.25) is 0 Å². The van der Waals surface area contributed by atoms with Crippen molar-refractivity contribution in [1.82, 2.24) is 10.2 Å². The zero-order chi connectivity index (χ0) is 16.4.